The molecule has 162 valence electrons. The molecule has 0 radical (unpaired) electrons. The van der Waals surface area contributed by atoms with Gasteiger partial charge in [0.2, 0.25) is 0 Å². The lowest BCUT2D eigenvalue weighted by Crippen LogP contribution is -2.57. The van der Waals surface area contributed by atoms with Crippen LogP contribution in [0.2, 0.25) is 0 Å². The fourth-order valence-electron chi connectivity index (χ4n) is 4.89. The van der Waals surface area contributed by atoms with Crippen LogP contribution in [0, 0.1) is 13.8 Å². The number of hydrogen-bond acceptors (Lipinski definition) is 4. The Morgan fingerprint density at radius 2 is 1.94 bits per heavy atom. The van der Waals surface area contributed by atoms with E-state index >= 15 is 0 Å². The minimum absolute atomic E-state index is 0.0113. The molecule has 4 rings (SSSR count). The number of nitrogens with zero attached hydrogens (tertiary/aromatic N) is 2. The highest BCUT2D eigenvalue weighted by Gasteiger charge is 2.39. The monoisotopic (exact) mass is 418 g/mol. The molecule has 0 aliphatic heterocycles. The maximum absolute atomic E-state index is 13.4. The normalized spacial score (nSPS) is 15.3. The predicted molar refractivity (Wildman–Crippen MR) is 123 cm³/mol. The molecule has 1 fully saturated rings. The first-order valence-corrected chi connectivity index (χ1v) is 11.0. The van der Waals surface area contributed by atoms with Gasteiger partial charge in [-0.2, -0.15) is 5.10 Å². The van der Waals surface area contributed by atoms with Gasteiger partial charge in [0.1, 0.15) is 6.29 Å². The van der Waals surface area contributed by atoms with Crippen molar-refractivity contribution in [3.63, 3.8) is 0 Å². The van der Waals surface area contributed by atoms with Gasteiger partial charge in [0.25, 0.3) is 5.91 Å². The van der Waals surface area contributed by atoms with E-state index in [1.807, 2.05) is 42.4 Å². The van der Waals surface area contributed by atoms with Gasteiger partial charge in [0.05, 0.1) is 17.4 Å². The van der Waals surface area contributed by atoms with Crippen molar-refractivity contribution in [1.29, 1.82) is 0 Å². The second kappa shape index (κ2) is 8.63. The molecule has 1 amide bonds. The lowest BCUT2D eigenvalue weighted by atomic mass is 9.93. The predicted octanol–water partition coefficient (Wildman–Crippen LogP) is 4.37. The average Bonchev–Trinajstić information content (AvgIpc) is 3.44. The molecule has 0 bridgehead atoms. The number of aryl methyl sites for hydroxylation is 2. The van der Waals surface area contributed by atoms with Crippen molar-refractivity contribution in [2.45, 2.75) is 51.6 Å². The lowest BCUT2D eigenvalue weighted by molar-refractivity contribution is -0.107. The SMILES string of the molecule is Cc1cc(C(=O)N(C)C2(NCCC=O)CCCC2)ccc1-c1ccc2[nH]ncc2c1C. The summed E-state index contributed by atoms with van der Waals surface area (Å²) in [7, 11) is 1.88. The van der Waals surface area contributed by atoms with Crippen LogP contribution in [0.3, 0.4) is 0 Å². The summed E-state index contributed by atoms with van der Waals surface area (Å²) in [5.41, 5.74) is 5.87. The molecule has 2 N–H and O–H groups in total. The van der Waals surface area contributed by atoms with Gasteiger partial charge in [-0.25, -0.2) is 0 Å². The summed E-state index contributed by atoms with van der Waals surface area (Å²) < 4.78 is 0. The molecule has 1 aliphatic rings. The van der Waals surface area contributed by atoms with E-state index in [1.165, 1.54) is 5.56 Å². The number of carbonyl (C=O) groups is 2. The van der Waals surface area contributed by atoms with Crippen LogP contribution in [0.25, 0.3) is 22.0 Å². The number of nitrogens with one attached hydrogen (secondary N) is 2. The second-order valence-corrected chi connectivity index (χ2v) is 8.58. The Morgan fingerprint density at radius 1 is 1.19 bits per heavy atom. The summed E-state index contributed by atoms with van der Waals surface area (Å²) >= 11 is 0. The van der Waals surface area contributed by atoms with Gasteiger partial charge in [-0.15, -0.1) is 0 Å². The molecule has 6 heteroatoms. The Hall–Kier alpha value is -2.99. The van der Waals surface area contributed by atoms with Crippen LogP contribution in [0.15, 0.2) is 36.5 Å². The van der Waals surface area contributed by atoms with Crippen LogP contribution < -0.4 is 5.32 Å². The van der Waals surface area contributed by atoms with E-state index in [4.69, 9.17) is 0 Å². The van der Waals surface area contributed by atoms with E-state index in [2.05, 4.69) is 35.4 Å². The zero-order valence-electron chi connectivity index (χ0n) is 18.5. The van der Waals surface area contributed by atoms with Crippen LogP contribution >= 0.6 is 0 Å². The van der Waals surface area contributed by atoms with Crippen molar-refractivity contribution in [2.24, 2.45) is 0 Å². The third-order valence-corrected chi connectivity index (χ3v) is 6.75. The van der Waals surface area contributed by atoms with Gasteiger partial charge < -0.3 is 9.69 Å². The molecular weight excluding hydrogens is 388 g/mol. The Balaban J connectivity index is 1.61. The van der Waals surface area contributed by atoms with Crippen molar-refractivity contribution in [3.8, 4) is 11.1 Å². The first-order chi connectivity index (χ1) is 15.0. The maximum Gasteiger partial charge on any atom is 0.255 e. The van der Waals surface area contributed by atoms with Crippen molar-refractivity contribution < 1.29 is 9.59 Å². The summed E-state index contributed by atoms with van der Waals surface area (Å²) in [6.45, 7) is 4.75. The number of hydrogen-bond donors (Lipinski definition) is 2. The first-order valence-electron chi connectivity index (χ1n) is 11.0. The van der Waals surface area contributed by atoms with Crippen LogP contribution in [0.1, 0.15) is 53.6 Å². The molecule has 0 saturated heterocycles. The zero-order chi connectivity index (χ0) is 22.0. The number of benzene rings is 2. The van der Waals surface area contributed by atoms with Gasteiger partial charge in [-0.3, -0.25) is 15.2 Å². The largest absolute Gasteiger partial charge is 0.323 e. The van der Waals surface area contributed by atoms with Gasteiger partial charge in [0, 0.05) is 31.0 Å². The molecule has 0 atom stereocenters. The molecule has 2 aromatic carbocycles. The van der Waals surface area contributed by atoms with Gasteiger partial charge in [0.15, 0.2) is 0 Å². The fraction of sp³-hybridized carbons (Fsp3) is 0.400. The molecule has 1 saturated carbocycles. The van der Waals surface area contributed by atoms with Crippen molar-refractivity contribution in [1.82, 2.24) is 20.4 Å². The highest BCUT2D eigenvalue weighted by atomic mass is 16.2. The molecule has 1 aromatic heterocycles. The fourth-order valence-corrected chi connectivity index (χ4v) is 4.89. The lowest BCUT2D eigenvalue weighted by Gasteiger charge is -2.40. The standard InChI is InChI=1S/C25H30N4O2/c1-17-15-19(24(31)29(3)25(11-4-5-12-25)26-13-6-14-30)7-8-20(17)21-9-10-23-22(18(21)2)16-27-28-23/h7-10,14-16,26H,4-6,11-13H2,1-3H3,(H,27,28). The van der Waals surface area contributed by atoms with Crippen LogP contribution in [-0.2, 0) is 4.79 Å². The number of aromatic nitrogens is 2. The molecule has 0 spiro atoms. The molecule has 0 unspecified atom stereocenters. The molecular formula is C25H30N4O2. The topological polar surface area (TPSA) is 78.1 Å². The number of aldehydes is 1. The van der Waals surface area contributed by atoms with Crippen LogP contribution in [0.4, 0.5) is 0 Å². The summed E-state index contributed by atoms with van der Waals surface area (Å²) in [6.07, 6.45) is 7.22. The highest BCUT2D eigenvalue weighted by Crippen LogP contribution is 2.35. The zero-order valence-corrected chi connectivity index (χ0v) is 18.5. The summed E-state index contributed by atoms with van der Waals surface area (Å²) in [5, 5.41) is 11.8. The van der Waals surface area contributed by atoms with Crippen molar-refractivity contribution in [2.75, 3.05) is 13.6 Å². The highest BCUT2D eigenvalue weighted by molar-refractivity contribution is 5.96. The molecule has 1 aliphatic carbocycles. The number of aromatic amines is 1. The summed E-state index contributed by atoms with van der Waals surface area (Å²) in [5.74, 6) is 0.0113. The number of H-pyrrole nitrogens is 1. The van der Waals surface area contributed by atoms with E-state index in [0.29, 0.717) is 18.5 Å². The molecule has 1 heterocycles. The summed E-state index contributed by atoms with van der Waals surface area (Å²) in [6, 6.07) is 10.1. The molecule has 31 heavy (non-hydrogen) atoms. The average molecular weight is 419 g/mol. The molecule has 3 aromatic rings. The van der Waals surface area contributed by atoms with Crippen molar-refractivity contribution in [3.05, 3.63) is 53.2 Å². The van der Waals surface area contributed by atoms with Gasteiger partial charge in [-0.05, 0) is 80.0 Å². The van der Waals surface area contributed by atoms with Crippen LogP contribution in [0.5, 0.6) is 0 Å². The van der Waals surface area contributed by atoms with Gasteiger partial charge in [-0.1, -0.05) is 12.1 Å². The minimum atomic E-state index is -0.365. The van der Waals surface area contributed by atoms with E-state index in [-0.39, 0.29) is 11.6 Å². The molecule has 6 nitrogen and oxygen atoms in total. The number of carbonyl (C=O) groups excluding carboxylic acids is 2. The number of amides is 1. The Bertz CT molecular complexity index is 1110. The maximum atomic E-state index is 13.4. The Labute approximate surface area is 183 Å². The first kappa shape index (κ1) is 21.2. The van der Waals surface area contributed by atoms with E-state index in [9.17, 15) is 9.59 Å². The number of rotatable bonds is 7. The van der Waals surface area contributed by atoms with E-state index in [0.717, 1.165) is 59.6 Å². The smallest absolute Gasteiger partial charge is 0.255 e. The van der Waals surface area contributed by atoms with E-state index < -0.39 is 0 Å². The Kier molecular flexibility index (Phi) is 5.92. The third-order valence-electron chi connectivity index (χ3n) is 6.75. The Morgan fingerprint density at radius 3 is 2.65 bits per heavy atom. The van der Waals surface area contributed by atoms with Crippen LogP contribution in [-0.4, -0.2) is 46.5 Å². The quantitative estimate of drug-likeness (QED) is 0.339. The van der Waals surface area contributed by atoms with Gasteiger partial charge >= 0.3 is 0 Å². The van der Waals surface area contributed by atoms with E-state index in [1.54, 1.807) is 0 Å². The summed E-state index contributed by atoms with van der Waals surface area (Å²) in [4.78, 5) is 26.0. The number of fused-ring (bicyclic) bond motifs is 1. The minimum Gasteiger partial charge on any atom is -0.323 e. The second-order valence-electron chi connectivity index (χ2n) is 8.58. The van der Waals surface area contributed by atoms with Crippen molar-refractivity contribution >= 4 is 23.1 Å². The third kappa shape index (κ3) is 3.88.